The van der Waals surface area contributed by atoms with E-state index >= 15 is 0 Å². The molecule has 1 aromatic carbocycles. The molecule has 3 nitrogen and oxygen atoms in total. The normalized spacial score (nSPS) is 22.6. The Morgan fingerprint density at radius 2 is 2.10 bits per heavy atom. The number of hydrogen-bond acceptors (Lipinski definition) is 2. The zero-order valence-corrected chi connectivity index (χ0v) is 12.5. The molecule has 1 N–H and O–H groups in total. The van der Waals surface area contributed by atoms with Crippen molar-refractivity contribution in [2.45, 2.75) is 38.5 Å². The summed E-state index contributed by atoms with van der Waals surface area (Å²) < 4.78 is 0. The van der Waals surface area contributed by atoms with E-state index in [2.05, 4.69) is 11.8 Å². The molecule has 3 heteroatoms. The van der Waals surface area contributed by atoms with Gasteiger partial charge in [0.15, 0.2) is 0 Å². The lowest BCUT2D eigenvalue weighted by molar-refractivity contribution is -0.143. The maximum atomic E-state index is 11.8. The summed E-state index contributed by atoms with van der Waals surface area (Å²) in [7, 11) is 0. The van der Waals surface area contributed by atoms with E-state index in [1.807, 2.05) is 37.3 Å². The Bertz CT molecular complexity index is 446. The SMILES string of the molecule is CCCC1CCN(CC(C)(C(=O)O)c2ccccc2)C1. The molecule has 110 valence electrons. The third kappa shape index (κ3) is 3.21. The summed E-state index contributed by atoms with van der Waals surface area (Å²) in [4.78, 5) is 14.1. The van der Waals surface area contributed by atoms with Gasteiger partial charge in [0.25, 0.3) is 0 Å². The highest BCUT2D eigenvalue weighted by molar-refractivity contribution is 5.81. The summed E-state index contributed by atoms with van der Waals surface area (Å²) in [6.07, 6.45) is 3.68. The van der Waals surface area contributed by atoms with E-state index in [-0.39, 0.29) is 0 Å². The van der Waals surface area contributed by atoms with Crippen LogP contribution in [0.4, 0.5) is 0 Å². The number of carbonyl (C=O) groups is 1. The lowest BCUT2D eigenvalue weighted by Gasteiger charge is -2.30. The topological polar surface area (TPSA) is 40.5 Å². The molecule has 1 fully saturated rings. The van der Waals surface area contributed by atoms with Crippen molar-refractivity contribution in [3.05, 3.63) is 35.9 Å². The number of carboxylic acids is 1. The summed E-state index contributed by atoms with van der Waals surface area (Å²) in [6.45, 7) is 6.74. The van der Waals surface area contributed by atoms with Crippen LogP contribution in [0, 0.1) is 5.92 Å². The highest BCUT2D eigenvalue weighted by Crippen LogP contribution is 2.29. The van der Waals surface area contributed by atoms with E-state index in [4.69, 9.17) is 0 Å². The molecular formula is C17H25NO2. The van der Waals surface area contributed by atoms with Crippen LogP contribution in [0.25, 0.3) is 0 Å². The van der Waals surface area contributed by atoms with Crippen LogP contribution in [0.5, 0.6) is 0 Å². The fourth-order valence-electron chi connectivity index (χ4n) is 3.24. The maximum absolute atomic E-state index is 11.8. The number of carboxylic acid groups (broad SMARTS) is 1. The van der Waals surface area contributed by atoms with Gasteiger partial charge in [-0.05, 0) is 37.8 Å². The maximum Gasteiger partial charge on any atom is 0.315 e. The molecule has 20 heavy (non-hydrogen) atoms. The summed E-state index contributed by atoms with van der Waals surface area (Å²) in [6, 6.07) is 9.61. The standard InChI is InChI=1S/C17H25NO2/c1-3-7-14-10-11-18(12-14)13-17(2,16(19)20)15-8-5-4-6-9-15/h4-6,8-9,14H,3,7,10-13H2,1-2H3,(H,19,20). The van der Waals surface area contributed by atoms with Crippen molar-refractivity contribution in [2.24, 2.45) is 5.92 Å². The molecular weight excluding hydrogens is 250 g/mol. The molecule has 0 saturated carbocycles. The van der Waals surface area contributed by atoms with Crippen molar-refractivity contribution < 1.29 is 9.90 Å². The Morgan fingerprint density at radius 3 is 2.70 bits per heavy atom. The predicted molar refractivity (Wildman–Crippen MR) is 80.9 cm³/mol. The average molecular weight is 275 g/mol. The van der Waals surface area contributed by atoms with Crippen LogP contribution in [-0.4, -0.2) is 35.6 Å². The highest BCUT2D eigenvalue weighted by Gasteiger charge is 2.38. The summed E-state index contributed by atoms with van der Waals surface area (Å²) >= 11 is 0. The van der Waals surface area contributed by atoms with Crippen LogP contribution in [0.2, 0.25) is 0 Å². The summed E-state index contributed by atoms with van der Waals surface area (Å²) in [5, 5.41) is 9.69. The van der Waals surface area contributed by atoms with Gasteiger partial charge in [0.05, 0.1) is 0 Å². The highest BCUT2D eigenvalue weighted by atomic mass is 16.4. The van der Waals surface area contributed by atoms with Gasteiger partial charge in [0.2, 0.25) is 0 Å². The molecule has 0 spiro atoms. The molecule has 1 aliphatic heterocycles. The first-order valence-corrected chi connectivity index (χ1v) is 7.57. The van der Waals surface area contributed by atoms with Crippen molar-refractivity contribution >= 4 is 5.97 Å². The fraction of sp³-hybridized carbons (Fsp3) is 0.588. The van der Waals surface area contributed by atoms with Crippen LogP contribution in [-0.2, 0) is 10.2 Å². The molecule has 1 aliphatic rings. The van der Waals surface area contributed by atoms with E-state index in [9.17, 15) is 9.90 Å². The first-order valence-electron chi connectivity index (χ1n) is 7.57. The largest absolute Gasteiger partial charge is 0.481 e. The zero-order chi connectivity index (χ0) is 14.6. The third-order valence-corrected chi connectivity index (χ3v) is 4.49. The van der Waals surface area contributed by atoms with Crippen molar-refractivity contribution in [3.63, 3.8) is 0 Å². The first-order chi connectivity index (χ1) is 9.56. The van der Waals surface area contributed by atoms with Crippen molar-refractivity contribution in [1.29, 1.82) is 0 Å². The molecule has 0 radical (unpaired) electrons. The van der Waals surface area contributed by atoms with Gasteiger partial charge in [0.1, 0.15) is 5.41 Å². The van der Waals surface area contributed by atoms with Gasteiger partial charge in [0, 0.05) is 13.1 Å². The minimum atomic E-state index is -0.817. The monoisotopic (exact) mass is 275 g/mol. The lowest BCUT2D eigenvalue weighted by Crippen LogP contribution is -2.43. The van der Waals surface area contributed by atoms with Gasteiger partial charge in [-0.15, -0.1) is 0 Å². The van der Waals surface area contributed by atoms with Gasteiger partial charge < -0.3 is 10.0 Å². The van der Waals surface area contributed by atoms with E-state index in [1.54, 1.807) is 0 Å². The van der Waals surface area contributed by atoms with Crippen LogP contribution in [0.1, 0.15) is 38.7 Å². The fourth-order valence-corrected chi connectivity index (χ4v) is 3.24. The Balaban J connectivity index is 2.09. The minimum Gasteiger partial charge on any atom is -0.481 e. The van der Waals surface area contributed by atoms with Crippen LogP contribution in [0.15, 0.2) is 30.3 Å². The average Bonchev–Trinajstić information content (AvgIpc) is 2.87. The quantitative estimate of drug-likeness (QED) is 0.867. The Hall–Kier alpha value is -1.35. The summed E-state index contributed by atoms with van der Waals surface area (Å²) in [5.74, 6) is 0.0106. The van der Waals surface area contributed by atoms with Gasteiger partial charge in [-0.2, -0.15) is 0 Å². The molecule has 1 aromatic rings. The molecule has 2 unspecified atom stereocenters. The Kier molecular flexibility index (Phi) is 4.81. The predicted octanol–water partition coefficient (Wildman–Crippen LogP) is 3.15. The van der Waals surface area contributed by atoms with E-state index in [0.717, 1.165) is 24.6 Å². The molecule has 2 atom stereocenters. The number of benzene rings is 1. The van der Waals surface area contributed by atoms with E-state index in [0.29, 0.717) is 6.54 Å². The van der Waals surface area contributed by atoms with Gasteiger partial charge in [-0.1, -0.05) is 43.7 Å². The smallest absolute Gasteiger partial charge is 0.315 e. The minimum absolute atomic E-state index is 0.604. The van der Waals surface area contributed by atoms with E-state index in [1.165, 1.54) is 19.3 Å². The first kappa shape index (κ1) is 15.0. The Labute approximate surface area is 121 Å². The molecule has 0 bridgehead atoms. The van der Waals surface area contributed by atoms with Crippen molar-refractivity contribution in [3.8, 4) is 0 Å². The molecule has 0 amide bonds. The number of hydrogen-bond donors (Lipinski definition) is 1. The van der Waals surface area contributed by atoms with Gasteiger partial charge >= 0.3 is 5.97 Å². The summed E-state index contributed by atoms with van der Waals surface area (Å²) in [5.41, 5.74) is 0.0778. The van der Waals surface area contributed by atoms with Gasteiger partial charge in [-0.3, -0.25) is 4.79 Å². The molecule has 1 heterocycles. The lowest BCUT2D eigenvalue weighted by atomic mass is 9.82. The van der Waals surface area contributed by atoms with Gasteiger partial charge in [-0.25, -0.2) is 0 Å². The third-order valence-electron chi connectivity index (χ3n) is 4.49. The Morgan fingerprint density at radius 1 is 1.40 bits per heavy atom. The number of likely N-dealkylation sites (tertiary alicyclic amines) is 1. The zero-order valence-electron chi connectivity index (χ0n) is 12.5. The second-order valence-electron chi connectivity index (χ2n) is 6.18. The van der Waals surface area contributed by atoms with Crippen LogP contribution < -0.4 is 0 Å². The van der Waals surface area contributed by atoms with Crippen molar-refractivity contribution in [2.75, 3.05) is 19.6 Å². The van der Waals surface area contributed by atoms with Crippen molar-refractivity contribution in [1.82, 2.24) is 4.90 Å². The molecule has 0 aliphatic carbocycles. The van der Waals surface area contributed by atoms with E-state index < -0.39 is 11.4 Å². The second-order valence-corrected chi connectivity index (χ2v) is 6.18. The molecule has 1 saturated heterocycles. The number of aliphatic carboxylic acids is 1. The number of nitrogens with zero attached hydrogens (tertiary/aromatic N) is 1. The number of rotatable bonds is 6. The molecule has 0 aromatic heterocycles. The molecule has 2 rings (SSSR count). The van der Waals surface area contributed by atoms with Crippen LogP contribution in [0.3, 0.4) is 0 Å². The van der Waals surface area contributed by atoms with Crippen LogP contribution >= 0.6 is 0 Å². The second kappa shape index (κ2) is 6.40.